The lowest BCUT2D eigenvalue weighted by Gasteiger charge is -2.61. The lowest BCUT2D eigenvalue weighted by Crippen LogP contribution is -2.68. The Kier molecular flexibility index (Phi) is 5.08. The Hall–Kier alpha value is -4.27. The zero-order valence-corrected chi connectivity index (χ0v) is 19.8. The molecule has 9 heteroatoms. The van der Waals surface area contributed by atoms with Crippen molar-refractivity contribution in [1.82, 2.24) is 10.6 Å². The predicted molar refractivity (Wildman–Crippen MR) is 132 cm³/mol. The Bertz CT molecular complexity index is 1590. The third-order valence-corrected chi connectivity index (χ3v) is 7.43. The van der Waals surface area contributed by atoms with Gasteiger partial charge in [-0.15, -0.1) is 0 Å². The quantitative estimate of drug-likeness (QED) is 0.316. The third kappa shape index (κ3) is 3.64. The van der Waals surface area contributed by atoms with Crippen molar-refractivity contribution in [3.63, 3.8) is 0 Å². The Morgan fingerprint density at radius 2 is 1.65 bits per heavy atom. The van der Waals surface area contributed by atoms with Gasteiger partial charge in [0.1, 0.15) is 28.8 Å². The Morgan fingerprint density at radius 1 is 0.946 bits per heavy atom. The van der Waals surface area contributed by atoms with Crippen molar-refractivity contribution >= 4 is 28.5 Å². The van der Waals surface area contributed by atoms with E-state index in [1.165, 1.54) is 43.4 Å². The van der Waals surface area contributed by atoms with Crippen molar-refractivity contribution in [3.05, 3.63) is 77.1 Å². The van der Waals surface area contributed by atoms with Crippen LogP contribution >= 0.6 is 0 Å². The summed E-state index contributed by atoms with van der Waals surface area (Å²) in [4.78, 5) is 25.7. The average Bonchev–Trinajstić information content (AvgIpc) is 3.18. The van der Waals surface area contributed by atoms with Crippen molar-refractivity contribution < 1.29 is 27.2 Å². The molecule has 1 heterocycles. The van der Waals surface area contributed by atoms with Crippen LogP contribution < -0.4 is 16.4 Å². The minimum Gasteiger partial charge on any atom is -0.455 e. The molecule has 7 rings (SSSR count). The zero-order valence-electron chi connectivity index (χ0n) is 19.8. The molecule has 0 spiro atoms. The highest BCUT2D eigenvalue weighted by Crippen LogP contribution is 2.57. The maximum absolute atomic E-state index is 15.1. The Balaban J connectivity index is 1.48. The van der Waals surface area contributed by atoms with Crippen LogP contribution in [0.2, 0.25) is 0 Å². The van der Waals surface area contributed by atoms with Crippen LogP contribution in [0.25, 0.3) is 33.4 Å². The number of rotatable bonds is 5. The second-order valence-electron chi connectivity index (χ2n) is 9.85. The summed E-state index contributed by atoms with van der Waals surface area (Å²) in [6.45, 7) is 0. The molecule has 0 atom stereocenters. The minimum absolute atomic E-state index is 0.0871. The normalized spacial score (nSPS) is 19.7. The molecule has 37 heavy (non-hydrogen) atoms. The summed E-state index contributed by atoms with van der Waals surface area (Å²) < 4.78 is 49.1. The van der Waals surface area contributed by atoms with Gasteiger partial charge < -0.3 is 20.8 Å². The van der Waals surface area contributed by atoms with E-state index in [4.69, 9.17) is 10.2 Å². The van der Waals surface area contributed by atoms with Gasteiger partial charge in [-0.25, -0.2) is 13.2 Å². The van der Waals surface area contributed by atoms with Crippen molar-refractivity contribution in [2.75, 3.05) is 12.8 Å². The number of nitrogens with one attached hydrogen (secondary N) is 2. The summed E-state index contributed by atoms with van der Waals surface area (Å²) in [6, 6.07) is 10.1. The summed E-state index contributed by atoms with van der Waals surface area (Å²) in [5.74, 6) is -2.62. The van der Waals surface area contributed by atoms with E-state index in [1.807, 2.05) is 0 Å². The molecular formula is C28H22F3N3O3. The maximum atomic E-state index is 15.1. The van der Waals surface area contributed by atoms with Crippen LogP contribution in [0, 0.1) is 23.4 Å². The molecule has 3 saturated carbocycles. The van der Waals surface area contributed by atoms with Gasteiger partial charge >= 0.3 is 0 Å². The molecule has 4 aromatic rings. The molecule has 2 bridgehead atoms. The average molecular weight is 505 g/mol. The number of amides is 2. The number of carbonyl (C=O) groups excluding carboxylic acids is 2. The maximum Gasteiger partial charge on any atom is 0.255 e. The van der Waals surface area contributed by atoms with Gasteiger partial charge in [0.25, 0.3) is 11.8 Å². The molecule has 6 nitrogen and oxygen atoms in total. The molecule has 3 aliphatic rings. The number of carbonyl (C=O) groups is 2. The second kappa shape index (κ2) is 8.12. The minimum atomic E-state index is -0.974. The van der Waals surface area contributed by atoms with Gasteiger partial charge in [-0.1, -0.05) is 0 Å². The lowest BCUT2D eigenvalue weighted by atomic mass is 9.50. The van der Waals surface area contributed by atoms with E-state index in [0.717, 1.165) is 25.3 Å². The summed E-state index contributed by atoms with van der Waals surface area (Å²) in [6.07, 6.45) is 2.62. The number of fused-ring (bicyclic) bond motifs is 1. The first-order chi connectivity index (χ1) is 17.7. The number of benzene rings is 3. The van der Waals surface area contributed by atoms with Gasteiger partial charge in [0.05, 0.1) is 11.1 Å². The number of furan rings is 1. The second-order valence-corrected chi connectivity index (χ2v) is 9.85. The van der Waals surface area contributed by atoms with Gasteiger partial charge in [-0.3, -0.25) is 9.59 Å². The molecule has 3 aromatic carbocycles. The van der Waals surface area contributed by atoms with E-state index >= 15 is 4.39 Å². The van der Waals surface area contributed by atoms with E-state index in [2.05, 4.69) is 10.6 Å². The van der Waals surface area contributed by atoms with Crippen LogP contribution in [0.5, 0.6) is 0 Å². The van der Waals surface area contributed by atoms with Crippen molar-refractivity contribution in [1.29, 1.82) is 0 Å². The Morgan fingerprint density at radius 3 is 2.27 bits per heavy atom. The summed E-state index contributed by atoms with van der Waals surface area (Å²) in [5, 5.41) is 5.77. The number of hydrogen-bond acceptors (Lipinski definition) is 4. The molecule has 0 saturated heterocycles. The first kappa shape index (κ1) is 23.1. The number of nitrogen functional groups attached to an aromatic ring is 1. The fraction of sp³-hybridized carbons (Fsp3) is 0.214. The monoisotopic (exact) mass is 505 g/mol. The fourth-order valence-electron chi connectivity index (χ4n) is 5.42. The summed E-state index contributed by atoms with van der Waals surface area (Å²) in [7, 11) is 1.45. The number of hydrogen-bond donors (Lipinski definition) is 3. The van der Waals surface area contributed by atoms with Crippen LogP contribution in [0.15, 0.2) is 52.9 Å². The van der Waals surface area contributed by atoms with E-state index in [-0.39, 0.29) is 44.8 Å². The molecule has 1 aromatic heterocycles. The molecule has 3 aliphatic carbocycles. The number of anilines is 1. The topological polar surface area (TPSA) is 97.4 Å². The fourth-order valence-corrected chi connectivity index (χ4v) is 5.42. The van der Waals surface area contributed by atoms with Crippen LogP contribution in [0.4, 0.5) is 18.9 Å². The summed E-state index contributed by atoms with van der Waals surface area (Å²) >= 11 is 0. The van der Waals surface area contributed by atoms with Crippen molar-refractivity contribution in [2.24, 2.45) is 5.92 Å². The Labute approximate surface area is 209 Å². The predicted octanol–water partition coefficient (Wildman–Crippen LogP) is 5.41. The third-order valence-electron chi connectivity index (χ3n) is 7.43. The van der Waals surface area contributed by atoms with E-state index in [0.29, 0.717) is 22.9 Å². The molecule has 0 aliphatic heterocycles. The molecule has 0 unspecified atom stereocenters. The van der Waals surface area contributed by atoms with Gasteiger partial charge in [0.2, 0.25) is 0 Å². The van der Waals surface area contributed by atoms with Crippen molar-refractivity contribution in [2.45, 2.75) is 24.8 Å². The highest BCUT2D eigenvalue weighted by Gasteiger charge is 2.57. The van der Waals surface area contributed by atoms with Gasteiger partial charge in [-0.2, -0.15) is 0 Å². The summed E-state index contributed by atoms with van der Waals surface area (Å²) in [5.41, 5.74) is 6.72. The first-order valence-electron chi connectivity index (χ1n) is 11.8. The standard InChI is InChI=1S/C28H22F3N3O3/c1-33-27(36)24-19-7-17(22(32)9-23(19)37-25(24)14-2-4-15(29)5-3-14)16-6-18(21(31)8-20(16)30)26(35)34-28-10-13(11-28)12-28/h2-9,13H,10-12,32H2,1H3,(H,33,36)(H,34,35). The van der Waals surface area contributed by atoms with E-state index in [9.17, 15) is 18.4 Å². The SMILES string of the molecule is CNC(=O)c1c(-c2ccc(F)cc2)oc2cc(N)c(-c3cc(C(=O)NC45CC(C4)C5)c(F)cc3F)cc12. The largest absolute Gasteiger partial charge is 0.455 e. The van der Waals surface area contributed by atoms with Crippen LogP contribution in [0.3, 0.4) is 0 Å². The first-order valence-corrected chi connectivity index (χ1v) is 11.8. The molecule has 0 radical (unpaired) electrons. The molecule has 188 valence electrons. The highest BCUT2D eigenvalue weighted by molar-refractivity contribution is 6.12. The van der Waals surface area contributed by atoms with E-state index in [1.54, 1.807) is 0 Å². The molecule has 4 N–H and O–H groups in total. The van der Waals surface area contributed by atoms with Crippen molar-refractivity contribution in [3.8, 4) is 22.5 Å². The van der Waals surface area contributed by atoms with Crippen LogP contribution in [0.1, 0.15) is 40.0 Å². The smallest absolute Gasteiger partial charge is 0.255 e. The highest BCUT2D eigenvalue weighted by atomic mass is 19.1. The van der Waals surface area contributed by atoms with Crippen LogP contribution in [-0.4, -0.2) is 24.4 Å². The molecule has 3 fully saturated rings. The van der Waals surface area contributed by atoms with Gasteiger partial charge in [-0.05, 0) is 61.6 Å². The number of halogens is 3. The van der Waals surface area contributed by atoms with Crippen LogP contribution in [-0.2, 0) is 0 Å². The number of nitrogens with two attached hydrogens (primary N) is 1. The molecule has 2 amide bonds. The van der Waals surface area contributed by atoms with Gasteiger partial charge in [0, 0.05) is 52.5 Å². The molecular weight excluding hydrogens is 483 g/mol. The van der Waals surface area contributed by atoms with E-state index < -0.39 is 29.3 Å². The van der Waals surface area contributed by atoms with Gasteiger partial charge in [0.15, 0.2) is 0 Å². The zero-order chi connectivity index (χ0) is 26.1. The lowest BCUT2D eigenvalue weighted by molar-refractivity contribution is -0.0439.